The quantitative estimate of drug-likeness (QED) is 0.907. The Kier molecular flexibility index (Phi) is 3.67. The van der Waals surface area contributed by atoms with Crippen molar-refractivity contribution in [1.82, 2.24) is 25.0 Å². The lowest BCUT2D eigenvalue weighted by Gasteiger charge is -2.25. The van der Waals surface area contributed by atoms with Crippen molar-refractivity contribution in [3.8, 4) is 0 Å². The molecule has 2 aromatic heterocycles. The van der Waals surface area contributed by atoms with Crippen molar-refractivity contribution in [2.24, 2.45) is 11.8 Å². The monoisotopic (exact) mass is 357 g/mol. The fraction of sp³-hybridized carbons (Fsp3) is 0.611. The van der Waals surface area contributed by atoms with Gasteiger partial charge in [0.2, 0.25) is 5.82 Å². The van der Waals surface area contributed by atoms with Gasteiger partial charge in [0.25, 0.3) is 5.91 Å². The normalized spacial score (nSPS) is 25.6. The molecule has 0 aromatic carbocycles. The number of hydrogen-bond donors (Lipinski definition) is 1. The highest BCUT2D eigenvalue weighted by atomic mass is 32.1. The van der Waals surface area contributed by atoms with Crippen molar-refractivity contribution in [3.05, 3.63) is 33.5 Å². The number of amides is 1. The minimum atomic E-state index is -0.0522. The lowest BCUT2D eigenvalue weighted by molar-refractivity contribution is 0.0932. The van der Waals surface area contributed by atoms with Gasteiger partial charge in [-0.25, -0.2) is 0 Å². The summed E-state index contributed by atoms with van der Waals surface area (Å²) in [4.78, 5) is 17.8. The van der Waals surface area contributed by atoms with E-state index >= 15 is 0 Å². The van der Waals surface area contributed by atoms with E-state index in [2.05, 4.69) is 44.0 Å². The molecule has 7 heteroatoms. The molecular weight excluding hydrogens is 334 g/mol. The Labute approximate surface area is 151 Å². The van der Waals surface area contributed by atoms with E-state index in [1.54, 1.807) is 0 Å². The van der Waals surface area contributed by atoms with Gasteiger partial charge in [0.05, 0.1) is 0 Å². The zero-order chi connectivity index (χ0) is 17.0. The van der Waals surface area contributed by atoms with Gasteiger partial charge >= 0.3 is 0 Å². The van der Waals surface area contributed by atoms with E-state index in [-0.39, 0.29) is 5.91 Å². The van der Waals surface area contributed by atoms with Crippen molar-refractivity contribution >= 4 is 17.2 Å². The van der Waals surface area contributed by atoms with Gasteiger partial charge in [-0.1, -0.05) is 0 Å². The number of carbonyl (C=O) groups is 1. The lowest BCUT2D eigenvalue weighted by Crippen LogP contribution is -2.33. The first kappa shape index (κ1) is 15.5. The summed E-state index contributed by atoms with van der Waals surface area (Å²) < 4.78 is 2.07. The zero-order valence-corrected chi connectivity index (χ0v) is 15.3. The molecular formula is C18H23N5OS. The van der Waals surface area contributed by atoms with Crippen LogP contribution < -0.4 is 5.32 Å². The molecule has 0 unspecified atom stereocenters. The van der Waals surface area contributed by atoms with Crippen LogP contribution in [-0.2, 0) is 19.5 Å². The summed E-state index contributed by atoms with van der Waals surface area (Å²) in [7, 11) is 0. The van der Waals surface area contributed by atoms with Gasteiger partial charge < -0.3 is 9.88 Å². The number of nitrogens with one attached hydrogen (secondary N) is 1. The highest BCUT2D eigenvalue weighted by Crippen LogP contribution is 2.34. The van der Waals surface area contributed by atoms with Crippen LogP contribution in [0.15, 0.2) is 12.1 Å². The molecule has 0 radical (unpaired) electrons. The third-order valence-electron chi connectivity index (χ3n) is 5.63. The molecule has 1 N–H and O–H groups in total. The van der Waals surface area contributed by atoms with Gasteiger partial charge in [-0.15, -0.1) is 21.5 Å². The van der Waals surface area contributed by atoms with Gasteiger partial charge in [-0.05, 0) is 43.7 Å². The molecule has 132 valence electrons. The molecule has 6 nitrogen and oxygen atoms in total. The van der Waals surface area contributed by atoms with Crippen molar-refractivity contribution in [2.75, 3.05) is 13.1 Å². The maximum atomic E-state index is 12.4. The number of aryl methyl sites for hydroxylation is 1. The third-order valence-corrected chi connectivity index (χ3v) is 6.62. The number of rotatable bonds is 4. The van der Waals surface area contributed by atoms with Crippen LogP contribution in [0.1, 0.15) is 39.0 Å². The van der Waals surface area contributed by atoms with E-state index in [0.29, 0.717) is 23.7 Å². The number of likely N-dealkylation sites (tertiary alicyclic amines) is 1. The molecule has 2 aromatic rings. The Bertz CT molecular complexity index is 808. The number of nitrogens with zero attached hydrogens (tertiary/aromatic N) is 4. The summed E-state index contributed by atoms with van der Waals surface area (Å²) in [6.45, 7) is 6.31. The number of aromatic nitrogens is 3. The maximum absolute atomic E-state index is 12.4. The molecule has 1 amide bonds. The van der Waals surface area contributed by atoms with Crippen LogP contribution in [-0.4, -0.2) is 44.7 Å². The van der Waals surface area contributed by atoms with Gasteiger partial charge in [0.15, 0.2) is 0 Å². The molecule has 5 rings (SSSR count). The van der Waals surface area contributed by atoms with Gasteiger partial charge in [0.1, 0.15) is 5.82 Å². The Hall–Kier alpha value is -1.73. The molecule has 2 atom stereocenters. The molecule has 25 heavy (non-hydrogen) atoms. The molecule has 3 aliphatic rings. The van der Waals surface area contributed by atoms with E-state index in [0.717, 1.165) is 51.3 Å². The van der Waals surface area contributed by atoms with Crippen molar-refractivity contribution < 1.29 is 4.79 Å². The average Bonchev–Trinajstić information content (AvgIpc) is 2.98. The zero-order valence-electron chi connectivity index (χ0n) is 14.4. The fourth-order valence-corrected chi connectivity index (χ4v) is 5.12. The summed E-state index contributed by atoms with van der Waals surface area (Å²) in [5.41, 5.74) is 0. The van der Waals surface area contributed by atoms with E-state index in [9.17, 15) is 4.79 Å². The Morgan fingerprint density at radius 3 is 2.84 bits per heavy atom. The summed E-state index contributed by atoms with van der Waals surface area (Å²) in [6.07, 6.45) is 3.12. The largest absolute Gasteiger partial charge is 0.347 e. The van der Waals surface area contributed by atoms with Crippen LogP contribution in [0.25, 0.3) is 0 Å². The highest BCUT2D eigenvalue weighted by molar-refractivity contribution is 7.11. The van der Waals surface area contributed by atoms with Gasteiger partial charge in [-0.3, -0.25) is 9.69 Å². The van der Waals surface area contributed by atoms with Crippen LogP contribution >= 0.6 is 11.3 Å². The van der Waals surface area contributed by atoms with Crippen LogP contribution in [0, 0.1) is 18.8 Å². The van der Waals surface area contributed by atoms with Crippen LogP contribution in [0.2, 0.25) is 0 Å². The molecule has 2 fully saturated rings. The minimum Gasteiger partial charge on any atom is -0.347 e. The summed E-state index contributed by atoms with van der Waals surface area (Å²) in [5.74, 6) is 2.67. The fourth-order valence-electron chi connectivity index (χ4n) is 4.19. The average molecular weight is 357 g/mol. The molecule has 1 saturated carbocycles. The maximum Gasteiger partial charge on any atom is 0.289 e. The van der Waals surface area contributed by atoms with Crippen LogP contribution in [0.3, 0.4) is 0 Å². The predicted molar refractivity (Wildman–Crippen MR) is 95.5 cm³/mol. The first-order chi connectivity index (χ1) is 12.2. The summed E-state index contributed by atoms with van der Waals surface area (Å²) in [6, 6.07) is 4.81. The second-order valence-electron chi connectivity index (χ2n) is 7.73. The Balaban J connectivity index is 1.28. The van der Waals surface area contributed by atoms with Crippen molar-refractivity contribution in [1.29, 1.82) is 0 Å². The Morgan fingerprint density at radius 1 is 1.24 bits per heavy atom. The van der Waals surface area contributed by atoms with Crippen molar-refractivity contribution in [3.63, 3.8) is 0 Å². The summed E-state index contributed by atoms with van der Waals surface area (Å²) >= 11 is 1.89. The standard InChI is InChI=1S/C18H23N5OS/c1-11-2-5-15(25-11)10-22-7-12-6-16-20-21-17(18(24)19-14-3-4-14)23(16)9-13(12)8-22/h2,5,12-14H,3-4,6-10H2,1H3,(H,19,24)/t12-,13+/m0/s1. The second-order valence-corrected chi connectivity index (χ2v) is 9.10. The number of hydrogen-bond acceptors (Lipinski definition) is 5. The van der Waals surface area contributed by atoms with E-state index in [1.807, 2.05) is 11.3 Å². The smallest absolute Gasteiger partial charge is 0.289 e. The predicted octanol–water partition coefficient (Wildman–Crippen LogP) is 1.84. The third kappa shape index (κ3) is 3.00. The SMILES string of the molecule is Cc1ccc(CN2C[C@@H]3Cn4c(nnc4C(=O)NC4CC4)C[C@H]3C2)s1. The molecule has 2 aliphatic heterocycles. The van der Waals surface area contributed by atoms with Crippen molar-refractivity contribution in [2.45, 2.75) is 45.3 Å². The minimum absolute atomic E-state index is 0.0522. The van der Waals surface area contributed by atoms with E-state index in [4.69, 9.17) is 0 Å². The molecule has 0 bridgehead atoms. The first-order valence-corrected chi connectivity index (χ1v) is 9.98. The van der Waals surface area contributed by atoms with Gasteiger partial charge in [-0.2, -0.15) is 0 Å². The molecule has 0 spiro atoms. The number of thiophene rings is 1. The first-order valence-electron chi connectivity index (χ1n) is 9.16. The molecule has 4 heterocycles. The van der Waals surface area contributed by atoms with E-state index < -0.39 is 0 Å². The molecule has 1 aliphatic carbocycles. The number of fused-ring (bicyclic) bond motifs is 2. The Morgan fingerprint density at radius 2 is 2.08 bits per heavy atom. The summed E-state index contributed by atoms with van der Waals surface area (Å²) in [5, 5.41) is 11.5. The van der Waals surface area contributed by atoms with Gasteiger partial charge in [0, 0.05) is 48.4 Å². The van der Waals surface area contributed by atoms with Crippen LogP contribution in [0.5, 0.6) is 0 Å². The number of carbonyl (C=O) groups excluding carboxylic acids is 1. The topological polar surface area (TPSA) is 63.1 Å². The lowest BCUT2D eigenvalue weighted by atomic mass is 9.89. The van der Waals surface area contributed by atoms with E-state index in [1.165, 1.54) is 9.75 Å². The molecule has 1 saturated heterocycles. The highest BCUT2D eigenvalue weighted by Gasteiger charge is 2.39. The van der Waals surface area contributed by atoms with Crippen LogP contribution in [0.4, 0.5) is 0 Å². The second kappa shape index (κ2) is 5.92.